The van der Waals surface area contributed by atoms with Crippen LogP contribution in [0.5, 0.6) is 0 Å². The maximum Gasteiger partial charge on any atom is 0.216 e. The zero-order chi connectivity index (χ0) is 35.4. The first-order valence-corrected chi connectivity index (χ1v) is 21.0. The van der Waals surface area contributed by atoms with Crippen molar-refractivity contribution in [1.82, 2.24) is 19.5 Å². The number of hydrogen-bond donors (Lipinski definition) is 0. The summed E-state index contributed by atoms with van der Waals surface area (Å²) in [6.07, 6.45) is 3.16. The second-order valence-electron chi connectivity index (χ2n) is 14.8. The number of aryl methyl sites for hydroxylation is 2. The number of benzene rings is 4. The minimum Gasteiger partial charge on any atom is -0.501 e. The summed E-state index contributed by atoms with van der Waals surface area (Å²) in [5, 5.41) is 5.77. The van der Waals surface area contributed by atoms with Gasteiger partial charge in [-0.3, -0.25) is 4.98 Å². The van der Waals surface area contributed by atoms with Gasteiger partial charge in [0, 0.05) is 49.8 Å². The molecule has 0 aliphatic carbocycles. The van der Waals surface area contributed by atoms with Crippen molar-refractivity contribution in [1.29, 1.82) is 0 Å². The number of rotatable bonds is 5. The first kappa shape index (κ1) is 35.5. The summed E-state index contributed by atoms with van der Waals surface area (Å²) in [5.41, 5.74) is 10.4. The third-order valence-corrected chi connectivity index (χ3v) is 11.5. The summed E-state index contributed by atoms with van der Waals surface area (Å²) in [4.78, 5) is 14.2. The SMILES string of the molecule is Cc1ccc2c(n1)oc1c(-c3cc(CC(C)C)c([Si](C)(C)C)cn3)[c-]ccc12.Cn1c(-c2[c-]ccc3c2oc2ccccc23)nc2ccccc21.[Ir]. The van der Waals surface area contributed by atoms with Crippen LogP contribution in [0.15, 0.2) is 106 Å². The minimum atomic E-state index is -1.46. The van der Waals surface area contributed by atoms with Crippen LogP contribution < -0.4 is 5.19 Å². The molecule has 0 atom stereocenters. The summed E-state index contributed by atoms with van der Waals surface area (Å²) in [5.74, 6) is 1.47. The van der Waals surface area contributed by atoms with Gasteiger partial charge in [0.2, 0.25) is 5.71 Å². The van der Waals surface area contributed by atoms with Crippen molar-refractivity contribution >= 4 is 68.3 Å². The molecule has 4 aromatic carbocycles. The number of nitrogens with zero attached hydrogens (tertiary/aromatic N) is 4. The number of imidazole rings is 1. The van der Waals surface area contributed by atoms with Gasteiger partial charge in [-0.2, -0.15) is 0 Å². The van der Waals surface area contributed by atoms with Gasteiger partial charge in [-0.1, -0.05) is 97.3 Å². The van der Waals surface area contributed by atoms with Crippen LogP contribution in [0.1, 0.15) is 25.1 Å². The first-order chi connectivity index (χ1) is 24.6. The molecule has 5 heterocycles. The van der Waals surface area contributed by atoms with E-state index in [1.54, 1.807) is 0 Å². The smallest absolute Gasteiger partial charge is 0.216 e. The number of furan rings is 2. The van der Waals surface area contributed by atoms with Crippen LogP contribution in [0.3, 0.4) is 0 Å². The molecule has 0 unspecified atom stereocenters. The van der Waals surface area contributed by atoms with Crippen LogP contribution in [-0.4, -0.2) is 27.6 Å². The molecule has 1 radical (unpaired) electrons. The molecule has 0 bridgehead atoms. The van der Waals surface area contributed by atoms with Gasteiger partial charge >= 0.3 is 0 Å². The zero-order valence-corrected chi connectivity index (χ0v) is 33.9. The molecule has 5 aromatic heterocycles. The van der Waals surface area contributed by atoms with Crippen LogP contribution in [0.25, 0.3) is 77.7 Å². The standard InChI is InChI=1S/C24H27N2OSi.C20H13N2O.Ir/c1-15(2)12-17-13-21(25-14-22(17)28(4,5)6)20-9-7-8-18-19-11-10-16(3)26-24(19)27-23(18)20;1-22-17-11-4-3-10-16(17)21-20(22)15-9-6-8-14-13-7-2-5-12-18(13)23-19(14)15;/h7-8,10-11,13-15H,12H2,1-6H3;2-8,10-12H,1H3;/q2*-1;. The predicted molar refractivity (Wildman–Crippen MR) is 212 cm³/mol. The van der Waals surface area contributed by atoms with Crippen molar-refractivity contribution < 1.29 is 28.9 Å². The molecular weight excluding hydrogens is 837 g/mol. The summed E-state index contributed by atoms with van der Waals surface area (Å²) in [6.45, 7) is 13.7. The Kier molecular flexibility index (Phi) is 9.51. The van der Waals surface area contributed by atoms with Crippen LogP contribution >= 0.6 is 0 Å². The van der Waals surface area contributed by atoms with Crippen molar-refractivity contribution in [3.05, 3.63) is 121 Å². The molecule has 8 heteroatoms. The monoisotopic (exact) mass is 877 g/mol. The van der Waals surface area contributed by atoms with Crippen LogP contribution in [0, 0.1) is 25.0 Å². The topological polar surface area (TPSA) is 69.9 Å². The Labute approximate surface area is 318 Å². The molecule has 0 N–H and O–H groups in total. The van der Waals surface area contributed by atoms with Gasteiger partial charge in [-0.25, -0.2) is 4.98 Å². The van der Waals surface area contributed by atoms with E-state index in [1.807, 2.05) is 80.7 Å². The Morgan fingerprint density at radius 1 is 0.769 bits per heavy atom. The molecule has 0 spiro atoms. The van der Waals surface area contributed by atoms with Crippen LogP contribution in [0.4, 0.5) is 0 Å². The quantitative estimate of drug-likeness (QED) is 0.127. The second-order valence-corrected chi connectivity index (χ2v) is 19.8. The van der Waals surface area contributed by atoms with Crippen molar-refractivity contribution in [2.75, 3.05) is 0 Å². The van der Waals surface area contributed by atoms with Gasteiger partial charge < -0.3 is 18.4 Å². The van der Waals surface area contributed by atoms with Crippen molar-refractivity contribution in [3.63, 3.8) is 0 Å². The van der Waals surface area contributed by atoms with E-state index in [9.17, 15) is 0 Å². The number of pyridine rings is 2. The maximum absolute atomic E-state index is 6.16. The van der Waals surface area contributed by atoms with Gasteiger partial charge in [0.1, 0.15) is 5.58 Å². The second kappa shape index (κ2) is 13.9. The molecule has 9 aromatic rings. The van der Waals surface area contributed by atoms with E-state index in [0.29, 0.717) is 11.6 Å². The predicted octanol–water partition coefficient (Wildman–Crippen LogP) is 10.8. The van der Waals surface area contributed by atoms with E-state index in [1.165, 1.54) is 10.8 Å². The van der Waals surface area contributed by atoms with E-state index in [0.717, 1.165) is 84.1 Å². The zero-order valence-electron chi connectivity index (χ0n) is 30.5. The Morgan fingerprint density at radius 3 is 2.21 bits per heavy atom. The van der Waals surface area contributed by atoms with E-state index >= 15 is 0 Å². The average Bonchev–Trinajstić information content (AvgIpc) is 3.78. The molecule has 6 nitrogen and oxygen atoms in total. The molecule has 263 valence electrons. The maximum atomic E-state index is 6.16. The van der Waals surface area contributed by atoms with Crippen molar-refractivity contribution in [2.45, 2.75) is 46.8 Å². The molecular formula is C44H40IrN4O2Si-2. The molecule has 0 saturated carbocycles. The fourth-order valence-corrected chi connectivity index (χ4v) is 8.64. The van der Waals surface area contributed by atoms with Gasteiger partial charge in [-0.05, 0) is 60.5 Å². The Balaban J connectivity index is 0.000000161. The van der Waals surface area contributed by atoms with E-state index in [-0.39, 0.29) is 20.1 Å². The van der Waals surface area contributed by atoms with E-state index in [4.69, 9.17) is 18.8 Å². The minimum absolute atomic E-state index is 0. The van der Waals surface area contributed by atoms with Gasteiger partial charge in [0.05, 0.1) is 36.1 Å². The van der Waals surface area contributed by atoms with E-state index in [2.05, 4.69) is 85.6 Å². The number of hydrogen-bond acceptors (Lipinski definition) is 5. The molecule has 9 rings (SSSR count). The van der Waals surface area contributed by atoms with Crippen molar-refractivity contribution in [3.8, 4) is 22.6 Å². The molecule has 0 aliphatic heterocycles. The Bertz CT molecular complexity index is 2730. The molecule has 0 aliphatic rings. The summed E-state index contributed by atoms with van der Waals surface area (Å²) >= 11 is 0. The normalized spacial score (nSPS) is 11.8. The molecule has 0 fully saturated rings. The fourth-order valence-electron chi connectivity index (χ4n) is 7.05. The number of fused-ring (bicyclic) bond motifs is 7. The summed E-state index contributed by atoms with van der Waals surface area (Å²) in [6, 6.07) is 37.3. The number of aromatic nitrogens is 4. The van der Waals surface area contributed by atoms with Crippen LogP contribution in [0.2, 0.25) is 19.6 Å². The molecule has 0 saturated heterocycles. The third-order valence-electron chi connectivity index (χ3n) is 9.47. The summed E-state index contributed by atoms with van der Waals surface area (Å²) < 4.78 is 14.4. The number of para-hydroxylation sites is 3. The van der Waals surface area contributed by atoms with Crippen molar-refractivity contribution in [2.24, 2.45) is 13.0 Å². The summed E-state index contributed by atoms with van der Waals surface area (Å²) in [7, 11) is 0.567. The Hall–Kier alpha value is -4.88. The largest absolute Gasteiger partial charge is 0.501 e. The third kappa shape index (κ3) is 6.40. The fraction of sp³-hybridized carbons (Fsp3) is 0.205. The van der Waals surface area contributed by atoms with E-state index < -0.39 is 8.07 Å². The van der Waals surface area contributed by atoms with Gasteiger partial charge in [-0.15, -0.1) is 36.4 Å². The Morgan fingerprint density at radius 2 is 1.46 bits per heavy atom. The van der Waals surface area contributed by atoms with Gasteiger partial charge in [0.25, 0.3) is 0 Å². The average molecular weight is 877 g/mol. The van der Waals surface area contributed by atoms with Gasteiger partial charge in [0.15, 0.2) is 0 Å². The van der Waals surface area contributed by atoms with Crippen LogP contribution in [-0.2, 0) is 33.6 Å². The molecule has 0 amide bonds. The molecule has 52 heavy (non-hydrogen) atoms. The first-order valence-electron chi connectivity index (χ1n) is 17.5.